The number of nitrogens with two attached hydrogens (primary N) is 2. The first-order valence-electron chi connectivity index (χ1n) is 16.5. The number of carboxylic acids is 1. The van der Waals surface area contributed by atoms with Gasteiger partial charge in [-0.1, -0.05) is 66.7 Å². The van der Waals surface area contributed by atoms with Gasteiger partial charge in [-0.15, -0.1) is 0 Å². The summed E-state index contributed by atoms with van der Waals surface area (Å²) in [5.74, 6) is -2.96. The molecule has 0 aliphatic carbocycles. The molecule has 5 rings (SSSR count). The average molecular weight is 666 g/mol. The van der Waals surface area contributed by atoms with Gasteiger partial charge in [-0.05, 0) is 61.1 Å². The molecule has 10 N–H and O–H groups in total. The molecular formula is C37H43N7O5. The Bertz CT molecular complexity index is 1890. The fraction of sp³-hybridized carbons (Fsp3) is 0.297. The molecule has 2 aromatic heterocycles. The monoisotopic (exact) mass is 665 g/mol. The van der Waals surface area contributed by atoms with E-state index in [-0.39, 0.29) is 25.7 Å². The van der Waals surface area contributed by atoms with Gasteiger partial charge in [0.15, 0.2) is 0 Å². The Kier molecular flexibility index (Phi) is 11.8. The topological polar surface area (TPSA) is 208 Å². The number of amides is 3. The van der Waals surface area contributed by atoms with Gasteiger partial charge in [0.25, 0.3) is 0 Å². The Morgan fingerprint density at radius 2 is 1.16 bits per heavy atom. The summed E-state index contributed by atoms with van der Waals surface area (Å²) in [6, 6.07) is 19.9. The third-order valence-electron chi connectivity index (χ3n) is 8.66. The van der Waals surface area contributed by atoms with Crippen molar-refractivity contribution >= 4 is 45.5 Å². The lowest BCUT2D eigenvalue weighted by Gasteiger charge is -2.25. The van der Waals surface area contributed by atoms with Crippen molar-refractivity contribution in [2.24, 2.45) is 11.5 Å². The van der Waals surface area contributed by atoms with E-state index in [1.165, 1.54) is 0 Å². The van der Waals surface area contributed by atoms with Crippen LogP contribution in [0.1, 0.15) is 36.0 Å². The Morgan fingerprint density at radius 1 is 0.633 bits per heavy atom. The maximum atomic E-state index is 13.9. The lowest BCUT2D eigenvalue weighted by atomic mass is 10.0. The number of aromatic nitrogens is 2. The molecule has 0 radical (unpaired) electrons. The Hall–Kier alpha value is -5.46. The summed E-state index contributed by atoms with van der Waals surface area (Å²) in [4.78, 5) is 59.7. The highest BCUT2D eigenvalue weighted by atomic mass is 16.4. The number of aromatic amines is 2. The van der Waals surface area contributed by atoms with Crippen LogP contribution in [0.15, 0.2) is 91.3 Å². The summed E-state index contributed by atoms with van der Waals surface area (Å²) < 4.78 is 0. The third kappa shape index (κ3) is 9.12. The zero-order valence-electron chi connectivity index (χ0n) is 27.2. The lowest BCUT2D eigenvalue weighted by molar-refractivity contribution is -0.142. The van der Waals surface area contributed by atoms with E-state index in [9.17, 15) is 24.3 Å². The predicted molar refractivity (Wildman–Crippen MR) is 188 cm³/mol. The minimum atomic E-state index is -1.24. The molecule has 12 nitrogen and oxygen atoms in total. The van der Waals surface area contributed by atoms with E-state index < -0.39 is 47.9 Å². The number of carbonyl (C=O) groups is 4. The number of carbonyl (C=O) groups excluding carboxylic acids is 3. The van der Waals surface area contributed by atoms with Crippen molar-refractivity contribution in [1.29, 1.82) is 0 Å². The first-order valence-corrected chi connectivity index (χ1v) is 16.5. The Morgan fingerprint density at radius 3 is 1.78 bits per heavy atom. The number of unbranched alkanes of at least 4 members (excludes halogenated alkanes) is 1. The number of fused-ring (bicyclic) bond motifs is 2. The summed E-state index contributed by atoms with van der Waals surface area (Å²) in [5, 5.41) is 20.1. The van der Waals surface area contributed by atoms with Crippen molar-refractivity contribution in [1.82, 2.24) is 25.9 Å². The Labute approximate surface area is 284 Å². The van der Waals surface area contributed by atoms with Gasteiger partial charge in [0, 0.05) is 47.0 Å². The summed E-state index contributed by atoms with van der Waals surface area (Å²) in [6.45, 7) is 0.409. The van der Waals surface area contributed by atoms with Gasteiger partial charge in [-0.2, -0.15) is 0 Å². The highest BCUT2D eigenvalue weighted by molar-refractivity contribution is 5.95. The zero-order valence-corrected chi connectivity index (χ0v) is 27.2. The van der Waals surface area contributed by atoms with Gasteiger partial charge in [0.2, 0.25) is 17.7 Å². The summed E-state index contributed by atoms with van der Waals surface area (Å²) in [7, 11) is 0. The van der Waals surface area contributed by atoms with Crippen LogP contribution in [0.4, 0.5) is 0 Å². The fourth-order valence-electron chi connectivity index (χ4n) is 5.99. The number of benzene rings is 3. The predicted octanol–water partition coefficient (Wildman–Crippen LogP) is 2.67. The van der Waals surface area contributed by atoms with Crippen molar-refractivity contribution in [3.05, 3.63) is 108 Å². The largest absolute Gasteiger partial charge is 0.480 e. The van der Waals surface area contributed by atoms with Crippen molar-refractivity contribution < 1.29 is 24.3 Å². The second-order valence-corrected chi connectivity index (χ2v) is 12.2. The second kappa shape index (κ2) is 16.6. The van der Waals surface area contributed by atoms with E-state index in [2.05, 4.69) is 25.9 Å². The van der Waals surface area contributed by atoms with Gasteiger partial charge >= 0.3 is 5.97 Å². The van der Waals surface area contributed by atoms with E-state index in [1.807, 2.05) is 60.8 Å². The number of carboxylic acid groups (broad SMARTS) is 1. The van der Waals surface area contributed by atoms with Gasteiger partial charge in [0.1, 0.15) is 18.1 Å². The van der Waals surface area contributed by atoms with Crippen molar-refractivity contribution in [2.45, 2.75) is 62.7 Å². The van der Waals surface area contributed by atoms with Gasteiger partial charge in [-0.25, -0.2) is 4.79 Å². The van der Waals surface area contributed by atoms with E-state index in [0.29, 0.717) is 19.4 Å². The molecular weight excluding hydrogens is 622 g/mol. The normalized spacial score (nSPS) is 13.8. The van der Waals surface area contributed by atoms with Crippen LogP contribution in [0.25, 0.3) is 21.8 Å². The number of para-hydroxylation sites is 2. The molecule has 0 spiro atoms. The standard InChI is InChI=1S/C37H43N7O5/c38-17-9-8-16-31(42-34(45)28(39)19-24-21-40-29-14-6-4-12-26(24)29)35(46)43-32(20-25-22-41-30-15-7-5-13-27(25)30)36(47)44-33(37(48)49)18-23-10-2-1-3-11-23/h1-7,10-15,21-22,28,31-33,40-41H,8-9,16-20,38-39H2,(H,42,45)(H,43,46)(H,44,47)(H,48,49). The molecule has 3 aromatic carbocycles. The molecule has 256 valence electrons. The molecule has 12 heteroatoms. The molecule has 0 saturated carbocycles. The van der Waals surface area contributed by atoms with Crippen LogP contribution in [0.3, 0.4) is 0 Å². The van der Waals surface area contributed by atoms with E-state index in [4.69, 9.17) is 11.5 Å². The third-order valence-corrected chi connectivity index (χ3v) is 8.66. The minimum Gasteiger partial charge on any atom is -0.480 e. The first kappa shape index (κ1) is 34.9. The quantitative estimate of drug-likeness (QED) is 0.0696. The minimum absolute atomic E-state index is 0.0573. The van der Waals surface area contributed by atoms with Crippen molar-refractivity contribution in [2.75, 3.05) is 6.54 Å². The molecule has 49 heavy (non-hydrogen) atoms. The van der Waals surface area contributed by atoms with Crippen molar-refractivity contribution in [3.63, 3.8) is 0 Å². The molecule has 5 aromatic rings. The molecule has 0 aliphatic heterocycles. The molecule has 0 bridgehead atoms. The SMILES string of the molecule is NCCCCC(NC(=O)C(N)Cc1c[nH]c2ccccc12)C(=O)NC(Cc1c[nH]c2ccccc12)C(=O)NC(Cc1ccccc1)C(=O)O. The molecule has 2 heterocycles. The first-order chi connectivity index (χ1) is 23.7. The summed E-state index contributed by atoms with van der Waals surface area (Å²) in [5.41, 5.74) is 16.2. The van der Waals surface area contributed by atoms with Gasteiger partial charge < -0.3 is 42.5 Å². The molecule has 0 saturated heterocycles. The number of nitrogens with one attached hydrogen (secondary N) is 5. The molecule has 4 atom stereocenters. The number of rotatable bonds is 17. The molecule has 4 unspecified atom stereocenters. The van der Waals surface area contributed by atoms with E-state index in [0.717, 1.165) is 38.5 Å². The van der Waals surface area contributed by atoms with Crippen LogP contribution in [0.5, 0.6) is 0 Å². The zero-order chi connectivity index (χ0) is 34.8. The van der Waals surface area contributed by atoms with Crippen LogP contribution in [-0.4, -0.2) is 69.5 Å². The van der Waals surface area contributed by atoms with Crippen LogP contribution < -0.4 is 27.4 Å². The van der Waals surface area contributed by atoms with Crippen LogP contribution in [0.2, 0.25) is 0 Å². The van der Waals surface area contributed by atoms with Crippen LogP contribution >= 0.6 is 0 Å². The second-order valence-electron chi connectivity index (χ2n) is 12.2. The fourth-order valence-corrected chi connectivity index (χ4v) is 5.99. The maximum absolute atomic E-state index is 13.9. The van der Waals surface area contributed by atoms with E-state index in [1.54, 1.807) is 30.5 Å². The number of hydrogen-bond acceptors (Lipinski definition) is 6. The number of H-pyrrole nitrogens is 2. The maximum Gasteiger partial charge on any atom is 0.326 e. The van der Waals surface area contributed by atoms with Crippen LogP contribution in [0, 0.1) is 0 Å². The van der Waals surface area contributed by atoms with Gasteiger partial charge in [0.05, 0.1) is 6.04 Å². The summed E-state index contributed by atoms with van der Waals surface area (Å²) in [6.07, 6.45) is 5.40. The molecule has 0 fully saturated rings. The Balaban J connectivity index is 1.34. The number of aliphatic carboxylic acids is 1. The van der Waals surface area contributed by atoms with Gasteiger partial charge in [-0.3, -0.25) is 14.4 Å². The van der Waals surface area contributed by atoms with E-state index >= 15 is 0 Å². The highest BCUT2D eigenvalue weighted by Gasteiger charge is 2.31. The summed E-state index contributed by atoms with van der Waals surface area (Å²) >= 11 is 0. The number of hydrogen-bond donors (Lipinski definition) is 8. The molecule has 0 aliphatic rings. The molecule has 3 amide bonds. The average Bonchev–Trinajstić information content (AvgIpc) is 3.71. The van der Waals surface area contributed by atoms with Crippen molar-refractivity contribution in [3.8, 4) is 0 Å². The highest BCUT2D eigenvalue weighted by Crippen LogP contribution is 2.21. The smallest absolute Gasteiger partial charge is 0.326 e. The lowest BCUT2D eigenvalue weighted by Crippen LogP contribution is -2.58. The van der Waals surface area contributed by atoms with Crippen LogP contribution in [-0.2, 0) is 38.4 Å².